The summed E-state index contributed by atoms with van der Waals surface area (Å²) in [5.41, 5.74) is 0. The maximum Gasteiger partial charge on any atom is 0.303 e. The Kier molecular flexibility index (Phi) is 6.69. The van der Waals surface area contributed by atoms with Gasteiger partial charge < -0.3 is 5.11 Å². The van der Waals surface area contributed by atoms with Crippen LogP contribution in [-0.2, 0) is 9.59 Å². The SMILES string of the molecule is O=C(O)CCCCCCC(=O)N(O)O. The molecule has 0 saturated heterocycles. The van der Waals surface area contributed by atoms with Crippen LogP contribution in [0.15, 0.2) is 0 Å². The Balaban J connectivity index is 3.22. The lowest BCUT2D eigenvalue weighted by Crippen LogP contribution is -2.22. The van der Waals surface area contributed by atoms with Gasteiger partial charge in [-0.05, 0) is 12.8 Å². The van der Waals surface area contributed by atoms with Crippen LogP contribution in [0.2, 0.25) is 0 Å². The van der Waals surface area contributed by atoms with Gasteiger partial charge in [0.1, 0.15) is 0 Å². The van der Waals surface area contributed by atoms with E-state index in [0.29, 0.717) is 19.3 Å². The lowest BCUT2D eigenvalue weighted by Gasteiger charge is -2.04. The van der Waals surface area contributed by atoms with Crippen LogP contribution >= 0.6 is 0 Å². The van der Waals surface area contributed by atoms with Crippen molar-refractivity contribution in [1.29, 1.82) is 0 Å². The van der Waals surface area contributed by atoms with Crippen molar-refractivity contribution in [1.82, 2.24) is 5.23 Å². The molecule has 0 unspecified atom stereocenters. The van der Waals surface area contributed by atoms with E-state index in [4.69, 9.17) is 15.5 Å². The van der Waals surface area contributed by atoms with Gasteiger partial charge in [0.15, 0.2) is 0 Å². The number of carbonyl (C=O) groups excluding carboxylic acids is 1. The Bertz CT molecular complexity index is 192. The van der Waals surface area contributed by atoms with Crippen LogP contribution in [0.4, 0.5) is 0 Å². The zero-order chi connectivity index (χ0) is 11.0. The van der Waals surface area contributed by atoms with Crippen molar-refractivity contribution in [3.8, 4) is 0 Å². The molecule has 0 aliphatic carbocycles. The molecular weight excluding hydrogens is 190 g/mol. The summed E-state index contributed by atoms with van der Waals surface area (Å²) >= 11 is 0. The molecule has 0 spiro atoms. The van der Waals surface area contributed by atoms with E-state index in [-0.39, 0.29) is 12.8 Å². The number of carboxylic acid groups (broad SMARTS) is 1. The minimum absolute atomic E-state index is 0.0695. The number of rotatable bonds is 7. The molecule has 1 amide bonds. The van der Waals surface area contributed by atoms with Gasteiger partial charge in [-0.1, -0.05) is 18.1 Å². The van der Waals surface area contributed by atoms with Gasteiger partial charge in [0.05, 0.1) is 0 Å². The molecule has 0 radical (unpaired) electrons. The Morgan fingerprint density at radius 2 is 1.43 bits per heavy atom. The first-order valence-corrected chi connectivity index (χ1v) is 4.46. The van der Waals surface area contributed by atoms with Crippen LogP contribution in [0, 0.1) is 0 Å². The van der Waals surface area contributed by atoms with E-state index in [0.717, 1.165) is 6.42 Å². The van der Waals surface area contributed by atoms with Crippen molar-refractivity contribution < 1.29 is 25.1 Å². The number of hydrogen-bond acceptors (Lipinski definition) is 4. The Labute approximate surface area is 81.7 Å². The first-order valence-electron chi connectivity index (χ1n) is 4.46. The minimum atomic E-state index is -0.821. The number of hydrogen-bond donors (Lipinski definition) is 3. The van der Waals surface area contributed by atoms with E-state index in [9.17, 15) is 9.59 Å². The van der Waals surface area contributed by atoms with Crippen molar-refractivity contribution in [3.05, 3.63) is 0 Å². The molecule has 0 aliphatic heterocycles. The number of amides is 1. The van der Waals surface area contributed by atoms with Gasteiger partial charge in [-0.25, -0.2) is 0 Å². The molecule has 3 N–H and O–H groups in total. The third-order valence-electron chi connectivity index (χ3n) is 1.75. The predicted molar refractivity (Wildman–Crippen MR) is 45.8 cm³/mol. The van der Waals surface area contributed by atoms with Gasteiger partial charge in [-0.2, -0.15) is 0 Å². The third-order valence-corrected chi connectivity index (χ3v) is 1.75. The third kappa shape index (κ3) is 7.51. The first kappa shape index (κ1) is 12.9. The molecule has 0 fully saturated rings. The quantitative estimate of drug-likeness (QED) is 0.327. The van der Waals surface area contributed by atoms with Crippen LogP contribution in [-0.4, -0.2) is 32.6 Å². The predicted octanol–water partition coefficient (Wildman–Crippen LogP) is 1.02. The van der Waals surface area contributed by atoms with Gasteiger partial charge in [-0.15, -0.1) is 0 Å². The molecule has 6 nitrogen and oxygen atoms in total. The minimum Gasteiger partial charge on any atom is -0.481 e. The molecule has 0 aromatic rings. The highest BCUT2D eigenvalue weighted by Gasteiger charge is 2.06. The average molecular weight is 205 g/mol. The molecule has 82 valence electrons. The summed E-state index contributed by atoms with van der Waals surface area (Å²) < 4.78 is 0. The van der Waals surface area contributed by atoms with E-state index in [2.05, 4.69) is 0 Å². The van der Waals surface area contributed by atoms with E-state index >= 15 is 0 Å². The second-order valence-corrected chi connectivity index (χ2v) is 2.99. The fourth-order valence-corrected chi connectivity index (χ4v) is 1.01. The Hall–Kier alpha value is -1.14. The summed E-state index contributed by atoms with van der Waals surface area (Å²) in [4.78, 5) is 20.7. The molecule has 6 heteroatoms. The first-order chi connectivity index (χ1) is 6.54. The second-order valence-electron chi connectivity index (χ2n) is 2.99. The molecule has 0 rings (SSSR count). The van der Waals surface area contributed by atoms with Crippen LogP contribution < -0.4 is 0 Å². The normalized spacial score (nSPS) is 9.86. The van der Waals surface area contributed by atoms with Gasteiger partial charge >= 0.3 is 5.97 Å². The van der Waals surface area contributed by atoms with Crippen LogP contribution in [0.25, 0.3) is 0 Å². The Morgan fingerprint density at radius 3 is 1.86 bits per heavy atom. The molecule has 0 bridgehead atoms. The Morgan fingerprint density at radius 1 is 0.929 bits per heavy atom. The molecule has 0 heterocycles. The lowest BCUT2D eigenvalue weighted by atomic mass is 10.1. The summed E-state index contributed by atoms with van der Waals surface area (Å²) in [6.45, 7) is 0. The largest absolute Gasteiger partial charge is 0.481 e. The van der Waals surface area contributed by atoms with Gasteiger partial charge in [0.2, 0.25) is 0 Å². The molecule has 0 atom stereocenters. The van der Waals surface area contributed by atoms with E-state index in [1.54, 1.807) is 0 Å². The summed E-state index contributed by atoms with van der Waals surface area (Å²) in [6, 6.07) is 0. The molecule has 14 heavy (non-hydrogen) atoms. The van der Waals surface area contributed by atoms with E-state index < -0.39 is 17.1 Å². The van der Waals surface area contributed by atoms with Crippen molar-refractivity contribution in [2.24, 2.45) is 0 Å². The van der Waals surface area contributed by atoms with Gasteiger partial charge in [0, 0.05) is 12.8 Å². The topological polar surface area (TPSA) is 98.1 Å². The van der Waals surface area contributed by atoms with Crippen molar-refractivity contribution in [2.75, 3.05) is 0 Å². The fourth-order valence-electron chi connectivity index (χ4n) is 1.01. The second kappa shape index (κ2) is 7.28. The highest BCUT2D eigenvalue weighted by atomic mass is 16.8. The van der Waals surface area contributed by atoms with Gasteiger partial charge in [-0.3, -0.25) is 20.0 Å². The van der Waals surface area contributed by atoms with Crippen molar-refractivity contribution in [3.63, 3.8) is 0 Å². The smallest absolute Gasteiger partial charge is 0.303 e. The van der Waals surface area contributed by atoms with Crippen molar-refractivity contribution >= 4 is 11.9 Å². The maximum absolute atomic E-state index is 10.6. The summed E-state index contributed by atoms with van der Waals surface area (Å²) in [7, 11) is 0. The summed E-state index contributed by atoms with van der Waals surface area (Å²) in [5, 5.41) is 24.4. The number of carbonyl (C=O) groups is 2. The standard InChI is InChI=1S/C8H15NO5/c10-7(9(13)14)5-3-1-2-4-6-8(11)12/h13-14H,1-6H2,(H,11,12). The lowest BCUT2D eigenvalue weighted by molar-refractivity contribution is -0.285. The molecule has 0 aliphatic rings. The molecule has 0 aromatic heterocycles. The number of unbranched alkanes of at least 4 members (excludes halogenated alkanes) is 3. The van der Waals surface area contributed by atoms with E-state index in [1.807, 2.05) is 0 Å². The molecule has 0 aromatic carbocycles. The monoisotopic (exact) mass is 205 g/mol. The maximum atomic E-state index is 10.6. The van der Waals surface area contributed by atoms with Gasteiger partial charge in [0.25, 0.3) is 5.91 Å². The zero-order valence-corrected chi connectivity index (χ0v) is 7.85. The zero-order valence-electron chi connectivity index (χ0n) is 7.85. The number of nitrogens with zero attached hydrogens (tertiary/aromatic N) is 1. The molecule has 0 saturated carbocycles. The summed E-state index contributed by atoms with van der Waals surface area (Å²) in [5.74, 6) is -1.57. The average Bonchev–Trinajstić information content (AvgIpc) is 2.09. The summed E-state index contributed by atoms with van der Waals surface area (Å²) in [6.07, 6.45) is 2.78. The van der Waals surface area contributed by atoms with Crippen molar-refractivity contribution in [2.45, 2.75) is 38.5 Å². The van der Waals surface area contributed by atoms with Crippen LogP contribution in [0.3, 0.4) is 0 Å². The molecular formula is C8H15NO5. The van der Waals surface area contributed by atoms with Crippen LogP contribution in [0.1, 0.15) is 38.5 Å². The number of carboxylic acids is 1. The highest BCUT2D eigenvalue weighted by Crippen LogP contribution is 2.06. The number of hydroxylamine groups is 2. The highest BCUT2D eigenvalue weighted by molar-refractivity contribution is 5.73. The fraction of sp³-hybridized carbons (Fsp3) is 0.750. The number of aliphatic carboxylic acids is 1. The van der Waals surface area contributed by atoms with Crippen LogP contribution in [0.5, 0.6) is 0 Å². The van der Waals surface area contributed by atoms with E-state index in [1.165, 1.54) is 0 Å².